The van der Waals surface area contributed by atoms with Crippen molar-refractivity contribution in [2.24, 2.45) is 0 Å². The molecule has 1 fully saturated rings. The van der Waals surface area contributed by atoms with Crippen molar-refractivity contribution in [2.45, 2.75) is 26.7 Å². The van der Waals surface area contributed by atoms with Crippen LogP contribution in [0.2, 0.25) is 10.2 Å². The molecule has 32 heavy (non-hydrogen) atoms. The average Bonchev–Trinajstić information content (AvgIpc) is 2.75. The van der Waals surface area contributed by atoms with Crippen LogP contribution in [0.1, 0.15) is 31.0 Å². The molecule has 0 aromatic carbocycles. The molecule has 3 aromatic rings. The van der Waals surface area contributed by atoms with Crippen molar-refractivity contribution >= 4 is 46.1 Å². The van der Waals surface area contributed by atoms with E-state index in [0.717, 1.165) is 11.3 Å². The van der Waals surface area contributed by atoms with Crippen LogP contribution < -0.4 is 10.6 Å². The molecule has 9 nitrogen and oxygen atoms in total. The van der Waals surface area contributed by atoms with E-state index in [4.69, 9.17) is 23.2 Å². The summed E-state index contributed by atoms with van der Waals surface area (Å²) in [5.41, 5.74) is 2.03. The topological polar surface area (TPSA) is 104 Å². The predicted molar refractivity (Wildman–Crippen MR) is 124 cm³/mol. The van der Waals surface area contributed by atoms with E-state index in [-0.39, 0.29) is 16.1 Å². The number of pyridine rings is 2. The van der Waals surface area contributed by atoms with Gasteiger partial charge in [0.2, 0.25) is 0 Å². The Kier molecular flexibility index (Phi) is 5.96. The van der Waals surface area contributed by atoms with Crippen LogP contribution in [-0.2, 0) is 0 Å². The fraction of sp³-hybridized carbons (Fsp3) is 0.381. The number of hydrogen-bond donors (Lipinski definition) is 1. The maximum Gasteiger partial charge on any atom is 0.407 e. The molecule has 1 aliphatic heterocycles. The molecule has 1 amide bonds. The lowest BCUT2D eigenvalue weighted by molar-refractivity contribution is 0.142. The Morgan fingerprint density at radius 1 is 1.16 bits per heavy atom. The Morgan fingerprint density at radius 3 is 2.47 bits per heavy atom. The van der Waals surface area contributed by atoms with Crippen LogP contribution in [0.15, 0.2) is 23.1 Å². The van der Waals surface area contributed by atoms with Crippen molar-refractivity contribution in [3.05, 3.63) is 50.2 Å². The van der Waals surface area contributed by atoms with Gasteiger partial charge in [0, 0.05) is 32.4 Å². The third-order valence-corrected chi connectivity index (χ3v) is 6.21. The van der Waals surface area contributed by atoms with Gasteiger partial charge in [-0.15, -0.1) is 0 Å². The number of fused-ring (bicyclic) bond motifs is 1. The second-order valence-corrected chi connectivity index (χ2v) is 8.72. The first-order valence-corrected chi connectivity index (χ1v) is 10.9. The summed E-state index contributed by atoms with van der Waals surface area (Å²) in [4.78, 5) is 41.2. The molecule has 0 saturated carbocycles. The smallest absolute Gasteiger partial charge is 0.407 e. The Hall–Kier alpha value is -2.91. The minimum Gasteiger partial charge on any atom is -0.465 e. The summed E-state index contributed by atoms with van der Waals surface area (Å²) >= 11 is 12.5. The highest BCUT2D eigenvalue weighted by Crippen LogP contribution is 2.32. The van der Waals surface area contributed by atoms with E-state index in [0.29, 0.717) is 48.7 Å². The van der Waals surface area contributed by atoms with Gasteiger partial charge in [-0.2, -0.15) is 4.98 Å². The van der Waals surface area contributed by atoms with E-state index in [2.05, 4.69) is 15.0 Å². The number of rotatable bonds is 3. The number of nitrogens with zero attached hydrogens (tertiary/aromatic N) is 6. The molecule has 168 valence electrons. The normalized spacial score (nSPS) is 14.4. The minimum absolute atomic E-state index is 0.0541. The molecule has 4 heterocycles. The van der Waals surface area contributed by atoms with Crippen LogP contribution in [0.4, 0.5) is 10.6 Å². The van der Waals surface area contributed by atoms with E-state index < -0.39 is 11.8 Å². The first kappa shape index (κ1) is 22.3. The number of aryl methyl sites for hydroxylation is 1. The maximum absolute atomic E-state index is 13.4. The molecule has 0 aliphatic carbocycles. The van der Waals surface area contributed by atoms with Gasteiger partial charge < -0.3 is 14.9 Å². The molecular weight excluding hydrogens is 455 g/mol. The lowest BCUT2D eigenvalue weighted by atomic mass is 10.0. The van der Waals surface area contributed by atoms with E-state index in [1.165, 1.54) is 9.47 Å². The van der Waals surface area contributed by atoms with Crippen LogP contribution in [0, 0.1) is 6.92 Å². The second-order valence-electron chi connectivity index (χ2n) is 7.96. The van der Waals surface area contributed by atoms with Crippen molar-refractivity contribution in [3.63, 3.8) is 0 Å². The van der Waals surface area contributed by atoms with Gasteiger partial charge >= 0.3 is 11.8 Å². The zero-order valence-corrected chi connectivity index (χ0v) is 19.4. The Balaban J connectivity index is 1.97. The minimum atomic E-state index is -0.970. The summed E-state index contributed by atoms with van der Waals surface area (Å²) < 4.78 is 1.44. The van der Waals surface area contributed by atoms with E-state index >= 15 is 0 Å². The fourth-order valence-electron chi connectivity index (χ4n) is 3.92. The third kappa shape index (κ3) is 3.86. The van der Waals surface area contributed by atoms with Gasteiger partial charge in [-0.3, -0.25) is 4.98 Å². The second kappa shape index (κ2) is 8.55. The highest BCUT2D eigenvalue weighted by molar-refractivity contribution is 6.41. The zero-order chi connectivity index (χ0) is 23.2. The summed E-state index contributed by atoms with van der Waals surface area (Å²) in [7, 11) is 0. The largest absolute Gasteiger partial charge is 0.465 e. The maximum atomic E-state index is 13.4. The van der Waals surface area contributed by atoms with E-state index in [1.807, 2.05) is 31.7 Å². The third-order valence-electron chi connectivity index (χ3n) is 5.53. The Morgan fingerprint density at radius 2 is 1.84 bits per heavy atom. The van der Waals surface area contributed by atoms with Gasteiger partial charge in [-0.25, -0.2) is 19.1 Å². The molecule has 1 saturated heterocycles. The fourth-order valence-corrected chi connectivity index (χ4v) is 4.21. The number of piperazine rings is 1. The zero-order valence-electron chi connectivity index (χ0n) is 17.8. The molecule has 11 heteroatoms. The van der Waals surface area contributed by atoms with Gasteiger partial charge in [0.25, 0.3) is 0 Å². The number of anilines is 1. The molecule has 0 atom stereocenters. The molecule has 0 bridgehead atoms. The monoisotopic (exact) mass is 476 g/mol. The van der Waals surface area contributed by atoms with Crippen LogP contribution in [0.5, 0.6) is 0 Å². The number of amides is 1. The van der Waals surface area contributed by atoms with Crippen LogP contribution in [0.3, 0.4) is 0 Å². The highest BCUT2D eigenvalue weighted by atomic mass is 35.5. The van der Waals surface area contributed by atoms with Gasteiger partial charge in [0.1, 0.15) is 11.0 Å². The van der Waals surface area contributed by atoms with Crippen molar-refractivity contribution < 1.29 is 9.90 Å². The van der Waals surface area contributed by atoms with Crippen LogP contribution >= 0.6 is 23.2 Å². The quantitative estimate of drug-likeness (QED) is 0.574. The SMILES string of the molecule is Cc1ccnc(C(C)C)c1-n1c(=O)nc(N2CCN(C(=O)O)CC2)c2cc(Cl)c(Cl)nc21. The van der Waals surface area contributed by atoms with E-state index in [9.17, 15) is 14.7 Å². The molecule has 0 spiro atoms. The average molecular weight is 477 g/mol. The first-order chi connectivity index (χ1) is 15.2. The van der Waals surface area contributed by atoms with Crippen LogP contribution in [0.25, 0.3) is 16.7 Å². The summed E-state index contributed by atoms with van der Waals surface area (Å²) in [6, 6.07) is 3.48. The summed E-state index contributed by atoms with van der Waals surface area (Å²) in [6.07, 6.45) is 0.741. The molecule has 1 aliphatic rings. The Labute approximate surface area is 194 Å². The predicted octanol–water partition coefficient (Wildman–Crippen LogP) is 3.71. The van der Waals surface area contributed by atoms with Crippen LogP contribution in [-0.4, -0.2) is 61.8 Å². The highest BCUT2D eigenvalue weighted by Gasteiger charge is 2.26. The lowest BCUT2D eigenvalue weighted by Crippen LogP contribution is -2.49. The Bertz CT molecular complexity index is 1270. The number of aromatic nitrogens is 4. The lowest BCUT2D eigenvalue weighted by Gasteiger charge is -2.34. The molecule has 3 aromatic heterocycles. The summed E-state index contributed by atoms with van der Waals surface area (Å²) in [6.45, 7) is 7.28. The molecule has 0 radical (unpaired) electrons. The van der Waals surface area contributed by atoms with Gasteiger partial charge in [-0.1, -0.05) is 37.0 Å². The standard InChI is InChI=1S/C21H22Cl2N6O3/c1-11(2)15-16(12(3)4-5-24-15)29-19-13(10-14(22)17(23)25-19)18(26-20(29)30)27-6-8-28(9-7-27)21(31)32/h4-5,10-11H,6-9H2,1-3H3,(H,31,32). The number of carboxylic acid groups (broad SMARTS) is 1. The van der Waals surface area contributed by atoms with Crippen molar-refractivity contribution in [3.8, 4) is 5.69 Å². The molecular formula is C21H22Cl2N6O3. The molecule has 4 rings (SSSR count). The van der Waals surface area contributed by atoms with Gasteiger partial charge in [0.15, 0.2) is 5.65 Å². The molecule has 0 unspecified atom stereocenters. The van der Waals surface area contributed by atoms with E-state index in [1.54, 1.807) is 12.3 Å². The van der Waals surface area contributed by atoms with Crippen molar-refractivity contribution in [1.82, 2.24) is 24.4 Å². The number of carbonyl (C=O) groups is 1. The van der Waals surface area contributed by atoms with Crippen molar-refractivity contribution in [2.75, 3.05) is 31.1 Å². The summed E-state index contributed by atoms with van der Waals surface area (Å²) in [5.74, 6) is 0.461. The molecule has 1 N–H and O–H groups in total. The van der Waals surface area contributed by atoms with Crippen molar-refractivity contribution in [1.29, 1.82) is 0 Å². The van der Waals surface area contributed by atoms with Gasteiger partial charge in [-0.05, 0) is 30.5 Å². The first-order valence-electron chi connectivity index (χ1n) is 10.2. The number of hydrogen-bond acceptors (Lipinski definition) is 6. The summed E-state index contributed by atoms with van der Waals surface area (Å²) in [5, 5.41) is 10.1. The number of halogens is 2. The van der Waals surface area contributed by atoms with Gasteiger partial charge in [0.05, 0.1) is 21.8 Å².